The second kappa shape index (κ2) is 29.2. The molecule has 0 N–H and O–H groups in total. The number of hydrogen-bond donors (Lipinski definition) is 0. The minimum atomic E-state index is 0.110. The van der Waals surface area contributed by atoms with Crippen molar-refractivity contribution in [1.82, 2.24) is 0 Å². The van der Waals surface area contributed by atoms with E-state index in [1.54, 1.807) is 27.7 Å². The molecule has 0 aromatic heterocycles. The van der Waals surface area contributed by atoms with Crippen molar-refractivity contribution in [2.75, 3.05) is 0 Å². The van der Waals surface area contributed by atoms with Gasteiger partial charge in [-0.05, 0) is 0 Å². The van der Waals surface area contributed by atoms with E-state index in [-0.39, 0.29) is 45.8 Å². The van der Waals surface area contributed by atoms with Gasteiger partial charge < -0.3 is 10.8 Å². The second-order valence-electron chi connectivity index (χ2n) is 3.05. The van der Waals surface area contributed by atoms with Crippen LogP contribution in [0.15, 0.2) is 0 Å². The van der Waals surface area contributed by atoms with Gasteiger partial charge in [0.25, 0.3) is 0 Å². The van der Waals surface area contributed by atoms with Crippen LogP contribution in [-0.4, -0.2) is 57.2 Å². The maximum atomic E-state index is 7.97. The van der Waals surface area contributed by atoms with Crippen molar-refractivity contribution in [3.05, 3.63) is 10.8 Å². The van der Waals surface area contributed by atoms with Crippen LogP contribution >= 0.6 is 0 Å². The van der Waals surface area contributed by atoms with Crippen molar-refractivity contribution in [1.29, 1.82) is 0 Å². The first-order chi connectivity index (χ1) is 6.29. The monoisotopic (exact) mass is 402 g/mol. The van der Waals surface area contributed by atoms with E-state index in [9.17, 15) is 0 Å². The molecule has 0 bridgehead atoms. The first-order valence-corrected chi connectivity index (χ1v) is 17.9. The summed E-state index contributed by atoms with van der Waals surface area (Å²) in [4.78, 5) is 0. The molecule has 2 radical (unpaired) electrons. The fourth-order valence-corrected chi connectivity index (χ4v) is 0. The van der Waals surface area contributed by atoms with E-state index in [1.165, 1.54) is 0 Å². The molecule has 0 rings (SSSR count). The van der Waals surface area contributed by atoms with E-state index in [4.69, 9.17) is 10.8 Å². The van der Waals surface area contributed by atoms with Gasteiger partial charge in [0.05, 0.1) is 0 Å². The Morgan fingerprint density at radius 3 is 0.643 bits per heavy atom. The van der Waals surface area contributed by atoms with Crippen LogP contribution in [0.2, 0.25) is 18.7 Å². The fraction of sp³-hybridized carbons (Fsp3) is 0.800. The Hall–Kier alpha value is 1.08. The van der Waals surface area contributed by atoms with Crippen LogP contribution in [0.4, 0.5) is 0 Å². The van der Waals surface area contributed by atoms with Gasteiger partial charge in [-0.3, -0.25) is 0 Å². The zero-order valence-corrected chi connectivity index (χ0v) is 17.6. The predicted molar refractivity (Wildman–Crippen MR) is 74.4 cm³/mol. The molecule has 0 aliphatic carbocycles. The normalized spacial score (nSPS) is 5.71. The molecule has 0 aromatic carbocycles. The minimum absolute atomic E-state index is 0.110. The zero-order valence-electron chi connectivity index (χ0n) is 11.0. The van der Waals surface area contributed by atoms with E-state index in [0.29, 0.717) is 11.4 Å². The van der Waals surface area contributed by atoms with Crippen molar-refractivity contribution in [3.8, 4) is 0 Å². The van der Waals surface area contributed by atoms with Crippen molar-refractivity contribution < 1.29 is 0 Å². The summed E-state index contributed by atoms with van der Waals surface area (Å²) in [6.07, 6.45) is 0. The van der Waals surface area contributed by atoms with Crippen LogP contribution in [0.5, 0.6) is 0 Å². The van der Waals surface area contributed by atoms with Crippen molar-refractivity contribution in [2.45, 2.75) is 46.4 Å². The first kappa shape index (κ1) is 24.4. The standard InChI is InChI=1S/2C3H6N.4CH3.2In/c2*1-3(2)4;;;;;;/h2*1-2H3;4*1H3;;/q2*-1;;;;;;. The Morgan fingerprint density at radius 1 is 0.643 bits per heavy atom. The molecule has 14 heavy (non-hydrogen) atoms. The average Bonchev–Trinajstić information content (AvgIpc) is 1.85. The summed E-state index contributed by atoms with van der Waals surface area (Å²) in [6.45, 7) is 6.56. The fourth-order valence-electron chi connectivity index (χ4n) is 0. The number of rotatable bonds is 0. The van der Waals surface area contributed by atoms with Gasteiger partial charge in [0, 0.05) is 0 Å². The Morgan fingerprint density at radius 2 is 0.643 bits per heavy atom. The predicted octanol–water partition coefficient (Wildman–Crippen LogP) is 3.65. The Labute approximate surface area is 113 Å². The average molecular weight is 402 g/mol. The first-order valence-electron chi connectivity index (χ1n) is 4.76. The third-order valence-corrected chi connectivity index (χ3v) is 0. The molecule has 2 nitrogen and oxygen atoms in total. The molecule has 0 saturated heterocycles. The van der Waals surface area contributed by atoms with Crippen LogP contribution in [0.1, 0.15) is 27.7 Å². The van der Waals surface area contributed by atoms with Crippen LogP contribution in [0, 0.1) is 0 Å². The van der Waals surface area contributed by atoms with Gasteiger partial charge in [-0.15, -0.1) is 0 Å². The van der Waals surface area contributed by atoms with Gasteiger partial charge in [-0.2, -0.15) is 0 Å². The molecule has 0 aliphatic heterocycles. The second-order valence-corrected chi connectivity index (χ2v) is 9.64. The quantitative estimate of drug-likeness (QED) is 0.556. The van der Waals surface area contributed by atoms with E-state index < -0.39 is 0 Å². The molecule has 4 heteroatoms. The summed E-state index contributed by atoms with van der Waals surface area (Å²) in [7, 11) is 0. The van der Waals surface area contributed by atoms with Gasteiger partial charge in [0.1, 0.15) is 0 Å². The third-order valence-electron chi connectivity index (χ3n) is 0. The molecule has 0 aliphatic rings. The molecule has 0 amide bonds. The number of nitrogens with zero attached hydrogens (tertiary/aromatic N) is 2. The molecular formula is C10H24In2N2-2. The van der Waals surface area contributed by atoms with E-state index in [2.05, 4.69) is 18.7 Å². The van der Waals surface area contributed by atoms with Crippen molar-refractivity contribution in [2.24, 2.45) is 0 Å². The van der Waals surface area contributed by atoms with Gasteiger partial charge in [-0.1, -0.05) is 27.7 Å². The number of hydrogen-bond acceptors (Lipinski definition) is 0. The summed E-state index contributed by atoms with van der Waals surface area (Å²) < 4.78 is 9.26. The summed E-state index contributed by atoms with van der Waals surface area (Å²) in [6, 6.07) is 0. The molecule has 0 saturated carbocycles. The molecule has 0 heterocycles. The van der Waals surface area contributed by atoms with Crippen LogP contribution in [-0.2, 0) is 0 Å². The Bertz CT molecular complexity index is 92.7. The summed E-state index contributed by atoms with van der Waals surface area (Å²) >= 11 is 0.220. The summed E-state index contributed by atoms with van der Waals surface area (Å²) in [5, 5.41) is 15.9. The summed E-state index contributed by atoms with van der Waals surface area (Å²) in [5.74, 6) is 0. The SMILES string of the molecule is CC(C)=[N-].CC(C)=[N-].[CH3][In][CH3].[CH3][In][CH3]. The van der Waals surface area contributed by atoms with Crippen molar-refractivity contribution >= 4 is 57.2 Å². The molecule has 0 atom stereocenters. The topological polar surface area (TPSA) is 44.6 Å². The molecule has 0 aromatic rings. The van der Waals surface area contributed by atoms with Crippen molar-refractivity contribution in [3.63, 3.8) is 0 Å². The molecule has 82 valence electrons. The van der Waals surface area contributed by atoms with Crippen LogP contribution < -0.4 is 0 Å². The zero-order chi connectivity index (χ0) is 12.6. The molecular weight excluding hydrogens is 378 g/mol. The summed E-state index contributed by atoms with van der Waals surface area (Å²) in [5.41, 5.74) is 0.833. The molecule has 0 unspecified atom stereocenters. The van der Waals surface area contributed by atoms with Gasteiger partial charge in [0.15, 0.2) is 0 Å². The third kappa shape index (κ3) is 1640. The maximum absolute atomic E-state index is 7.97. The van der Waals surface area contributed by atoms with Crippen LogP contribution in [0.3, 0.4) is 0 Å². The van der Waals surface area contributed by atoms with E-state index >= 15 is 0 Å². The van der Waals surface area contributed by atoms with E-state index in [0.717, 1.165) is 0 Å². The van der Waals surface area contributed by atoms with Gasteiger partial charge >= 0.3 is 64.5 Å². The van der Waals surface area contributed by atoms with E-state index in [1.807, 2.05) is 0 Å². The van der Waals surface area contributed by atoms with Crippen LogP contribution in [0.25, 0.3) is 10.8 Å². The Balaban J connectivity index is -0.0000000482. The Kier molecular flexibility index (Phi) is 50.8. The van der Waals surface area contributed by atoms with Gasteiger partial charge in [0.2, 0.25) is 0 Å². The van der Waals surface area contributed by atoms with Gasteiger partial charge in [-0.25, -0.2) is 11.4 Å². The molecule has 0 fully saturated rings. The molecule has 0 spiro atoms.